The topological polar surface area (TPSA) is 55.8 Å². The van der Waals surface area contributed by atoms with Gasteiger partial charge in [-0.05, 0) is 6.42 Å². The summed E-state index contributed by atoms with van der Waals surface area (Å²) in [6, 6.07) is 0. The minimum absolute atomic E-state index is 0.0364. The fraction of sp³-hybridized carbons (Fsp3) is 0.923. The van der Waals surface area contributed by atoms with Crippen LogP contribution in [0.5, 0.6) is 0 Å². The minimum atomic E-state index is -1.03. The van der Waals surface area contributed by atoms with E-state index in [9.17, 15) is 9.90 Å². The van der Waals surface area contributed by atoms with Crippen molar-refractivity contribution in [2.24, 2.45) is 17.8 Å². The smallest absolute Gasteiger partial charge is 0.183 e. The number of carbonyl (C=O) groups is 1. The molecule has 2 rings (SSSR count). The van der Waals surface area contributed by atoms with Gasteiger partial charge in [-0.15, -0.1) is 0 Å². The van der Waals surface area contributed by atoms with Gasteiger partial charge < -0.3 is 14.6 Å². The molecule has 0 bridgehead atoms. The summed E-state index contributed by atoms with van der Waals surface area (Å²) >= 11 is 0. The summed E-state index contributed by atoms with van der Waals surface area (Å²) < 4.78 is 11.4. The monoisotopic (exact) mass is 242 g/mol. The van der Waals surface area contributed by atoms with Gasteiger partial charge in [-0.1, -0.05) is 27.7 Å². The maximum Gasteiger partial charge on any atom is 0.183 e. The highest BCUT2D eigenvalue weighted by Crippen LogP contribution is 2.50. The van der Waals surface area contributed by atoms with Crippen molar-refractivity contribution in [1.82, 2.24) is 0 Å². The van der Waals surface area contributed by atoms with Crippen LogP contribution in [-0.4, -0.2) is 35.5 Å². The van der Waals surface area contributed by atoms with Gasteiger partial charge in [0.15, 0.2) is 5.79 Å². The Labute approximate surface area is 102 Å². The quantitative estimate of drug-likeness (QED) is 0.754. The third kappa shape index (κ3) is 1.51. The Hall–Kier alpha value is -0.450. The van der Waals surface area contributed by atoms with Gasteiger partial charge in [0, 0.05) is 11.8 Å². The Morgan fingerprint density at radius 3 is 2.24 bits per heavy atom. The van der Waals surface area contributed by atoms with Gasteiger partial charge >= 0.3 is 0 Å². The molecule has 1 saturated carbocycles. The lowest BCUT2D eigenvalue weighted by atomic mass is 9.61. The lowest BCUT2D eigenvalue weighted by Crippen LogP contribution is -2.65. The number of hydrogen-bond donors (Lipinski definition) is 1. The zero-order valence-electron chi connectivity index (χ0n) is 11.0. The molecule has 1 heterocycles. The molecule has 1 N–H and O–H groups in total. The molecule has 17 heavy (non-hydrogen) atoms. The van der Waals surface area contributed by atoms with Crippen LogP contribution >= 0.6 is 0 Å². The van der Waals surface area contributed by atoms with E-state index >= 15 is 0 Å². The zero-order valence-corrected chi connectivity index (χ0v) is 11.0. The van der Waals surface area contributed by atoms with Crippen LogP contribution in [0.4, 0.5) is 0 Å². The number of rotatable bonds is 1. The van der Waals surface area contributed by atoms with E-state index in [1.807, 2.05) is 20.8 Å². The van der Waals surface area contributed by atoms with E-state index in [2.05, 4.69) is 0 Å². The molecule has 0 radical (unpaired) electrons. The lowest BCUT2D eigenvalue weighted by molar-refractivity contribution is -0.280. The maximum absolute atomic E-state index is 12.3. The van der Waals surface area contributed by atoms with Crippen molar-refractivity contribution >= 4 is 5.78 Å². The van der Waals surface area contributed by atoms with Crippen LogP contribution in [0.3, 0.4) is 0 Å². The largest absolute Gasteiger partial charge is 0.389 e. The molecule has 2 fully saturated rings. The molecule has 2 aliphatic rings. The molecular formula is C13H22O4. The second-order valence-corrected chi connectivity index (χ2v) is 5.33. The number of carbonyl (C=O) groups excluding carboxylic acids is 1. The average Bonchev–Trinajstić information content (AvgIpc) is 2.83. The Morgan fingerprint density at radius 2 is 1.76 bits per heavy atom. The van der Waals surface area contributed by atoms with Crippen molar-refractivity contribution in [2.45, 2.75) is 45.5 Å². The van der Waals surface area contributed by atoms with Gasteiger partial charge in [0.2, 0.25) is 0 Å². The normalized spacial score (nSPS) is 45.5. The summed E-state index contributed by atoms with van der Waals surface area (Å²) in [6.07, 6.45) is 0.530. The van der Waals surface area contributed by atoms with Crippen LogP contribution in [-0.2, 0) is 14.3 Å². The second-order valence-electron chi connectivity index (χ2n) is 5.33. The summed E-state index contributed by atoms with van der Waals surface area (Å²) in [5.74, 6) is -1.77. The highest BCUT2D eigenvalue weighted by Gasteiger charge is 2.63. The highest BCUT2D eigenvalue weighted by molar-refractivity contribution is 5.86. The van der Waals surface area contributed by atoms with Crippen LogP contribution in [0, 0.1) is 17.8 Å². The lowest BCUT2D eigenvalue weighted by Gasteiger charge is -2.52. The van der Waals surface area contributed by atoms with Gasteiger partial charge in [0.05, 0.1) is 24.7 Å². The molecule has 4 heteroatoms. The van der Waals surface area contributed by atoms with E-state index < -0.39 is 11.4 Å². The van der Waals surface area contributed by atoms with E-state index in [4.69, 9.17) is 9.47 Å². The van der Waals surface area contributed by atoms with E-state index in [0.717, 1.165) is 0 Å². The molecular weight excluding hydrogens is 220 g/mol. The highest BCUT2D eigenvalue weighted by atomic mass is 16.7. The third-order valence-corrected chi connectivity index (χ3v) is 4.87. The van der Waals surface area contributed by atoms with Gasteiger partial charge in [-0.3, -0.25) is 4.79 Å². The second kappa shape index (κ2) is 4.04. The molecule has 0 aromatic carbocycles. The molecule has 1 aliphatic heterocycles. The van der Waals surface area contributed by atoms with Gasteiger partial charge in [0.25, 0.3) is 0 Å². The summed E-state index contributed by atoms with van der Waals surface area (Å²) in [7, 11) is 0. The van der Waals surface area contributed by atoms with E-state index in [-0.39, 0.29) is 23.5 Å². The first-order valence-electron chi connectivity index (χ1n) is 6.44. The van der Waals surface area contributed by atoms with Crippen molar-refractivity contribution in [3.8, 4) is 0 Å². The molecule has 0 unspecified atom stereocenters. The van der Waals surface area contributed by atoms with Crippen molar-refractivity contribution in [3.63, 3.8) is 0 Å². The van der Waals surface area contributed by atoms with Crippen molar-refractivity contribution in [3.05, 3.63) is 0 Å². The first-order chi connectivity index (χ1) is 7.90. The number of hydrogen-bond acceptors (Lipinski definition) is 4. The molecule has 0 aromatic heterocycles. The number of ketones is 1. The molecule has 1 aliphatic carbocycles. The van der Waals surface area contributed by atoms with Crippen LogP contribution in [0.15, 0.2) is 0 Å². The Balaban J connectivity index is 2.44. The minimum Gasteiger partial charge on any atom is -0.389 e. The molecule has 1 saturated heterocycles. The molecule has 4 atom stereocenters. The van der Waals surface area contributed by atoms with E-state index in [1.54, 1.807) is 6.92 Å². The average molecular weight is 242 g/mol. The standard InChI is InChI=1S/C13H22O4/c1-5-12(15)8(2)11(14)9(3)13(10(12)4)16-6-7-17-13/h8-10,15H,5-7H2,1-4H3/t8-,9-,10-,12-/m0/s1. The summed E-state index contributed by atoms with van der Waals surface area (Å²) in [5.41, 5.74) is -1.03. The number of ether oxygens (including phenoxy) is 2. The zero-order chi connectivity index (χ0) is 12.8. The van der Waals surface area contributed by atoms with Crippen LogP contribution < -0.4 is 0 Å². The van der Waals surface area contributed by atoms with Crippen molar-refractivity contribution < 1.29 is 19.4 Å². The van der Waals surface area contributed by atoms with Gasteiger partial charge in [-0.25, -0.2) is 0 Å². The van der Waals surface area contributed by atoms with Crippen LogP contribution in [0.1, 0.15) is 34.1 Å². The summed E-state index contributed by atoms with van der Waals surface area (Å²) in [5, 5.41) is 10.8. The predicted octanol–water partition coefficient (Wildman–Crippen LogP) is 1.36. The Bertz CT molecular complexity index is 321. The molecule has 98 valence electrons. The fourth-order valence-corrected chi connectivity index (χ4v) is 3.47. The number of Topliss-reactive ketones (excluding diaryl/α,β-unsaturated/α-hetero) is 1. The Morgan fingerprint density at radius 1 is 1.24 bits per heavy atom. The van der Waals surface area contributed by atoms with Gasteiger partial charge in [-0.2, -0.15) is 0 Å². The molecule has 1 spiro atoms. The van der Waals surface area contributed by atoms with Crippen LogP contribution in [0.25, 0.3) is 0 Å². The molecule has 4 nitrogen and oxygen atoms in total. The fourth-order valence-electron chi connectivity index (χ4n) is 3.47. The molecule has 0 aromatic rings. The van der Waals surface area contributed by atoms with E-state index in [0.29, 0.717) is 19.6 Å². The third-order valence-electron chi connectivity index (χ3n) is 4.87. The van der Waals surface area contributed by atoms with Crippen LogP contribution in [0.2, 0.25) is 0 Å². The van der Waals surface area contributed by atoms with Gasteiger partial charge in [0.1, 0.15) is 5.78 Å². The van der Waals surface area contributed by atoms with E-state index in [1.165, 1.54) is 0 Å². The SMILES string of the molecule is CC[C@@]1(O)[C@H](C)C2(OCCO2)[C@@H](C)C(=O)[C@@H]1C. The maximum atomic E-state index is 12.3. The first-order valence-corrected chi connectivity index (χ1v) is 6.44. The summed E-state index contributed by atoms with van der Waals surface area (Å²) in [6.45, 7) is 8.47. The first kappa shape index (κ1) is 13.0. The van der Waals surface area contributed by atoms with Crippen molar-refractivity contribution in [1.29, 1.82) is 0 Å². The molecule has 0 amide bonds. The number of aliphatic hydroxyl groups is 1. The predicted molar refractivity (Wildman–Crippen MR) is 62.4 cm³/mol. The van der Waals surface area contributed by atoms with Crippen molar-refractivity contribution in [2.75, 3.05) is 13.2 Å². The Kier molecular flexibility index (Phi) is 3.09. The summed E-state index contributed by atoms with van der Waals surface area (Å²) in [4.78, 5) is 12.3.